The molecule has 8 nitrogen and oxygen atoms in total. The highest BCUT2D eigenvalue weighted by Gasteiger charge is 2.24. The van der Waals surface area contributed by atoms with Crippen molar-refractivity contribution in [2.75, 3.05) is 40.9 Å². The third-order valence-corrected chi connectivity index (χ3v) is 11.1. The molecule has 0 radical (unpaired) electrons. The second kappa shape index (κ2) is 35.2. The van der Waals surface area contributed by atoms with Gasteiger partial charge in [0.1, 0.15) is 13.2 Å². The molecule has 0 rings (SSSR count). The fourth-order valence-electron chi connectivity index (χ4n) is 6.57. The highest BCUT2D eigenvalue weighted by Crippen LogP contribution is 2.38. The van der Waals surface area contributed by atoms with Crippen molar-refractivity contribution in [2.24, 2.45) is 0 Å². The third-order valence-electron chi connectivity index (χ3n) is 10.1. The Morgan fingerprint density at radius 1 is 0.608 bits per heavy atom. The van der Waals surface area contributed by atoms with Crippen LogP contribution in [0.1, 0.15) is 213 Å². The molecule has 3 atom stereocenters. The first-order chi connectivity index (χ1) is 24.5. The van der Waals surface area contributed by atoms with Crippen LogP contribution in [0.25, 0.3) is 0 Å². The number of nitrogens with zero attached hydrogens (tertiary/aromatic N) is 1. The highest BCUT2D eigenvalue weighted by atomic mass is 31.2. The molecule has 0 fully saturated rings. The first kappa shape index (κ1) is 50.5. The van der Waals surface area contributed by atoms with E-state index in [2.05, 4.69) is 19.2 Å². The number of carbonyl (C=O) groups is 1. The lowest BCUT2D eigenvalue weighted by Crippen LogP contribution is -2.46. The third kappa shape index (κ3) is 37.6. The van der Waals surface area contributed by atoms with Gasteiger partial charge in [-0.15, -0.1) is 0 Å². The lowest BCUT2D eigenvalue weighted by molar-refractivity contribution is -0.870. The second-order valence-electron chi connectivity index (χ2n) is 16.4. The van der Waals surface area contributed by atoms with Crippen LogP contribution in [0.2, 0.25) is 0 Å². The molecule has 0 spiro atoms. The SMILES string of the molecule is CCCCCCCCCCCCCCCCCCC(=O)N[C@@H](COP(=O)([O-])OCC[N+](C)(C)C)[C@H](O)CCCCCCCCCCCCCCC. The summed E-state index contributed by atoms with van der Waals surface area (Å²) in [6, 6.07) is -0.792. The van der Waals surface area contributed by atoms with Gasteiger partial charge >= 0.3 is 0 Å². The number of quaternary nitrogens is 1. The fraction of sp³-hybridized carbons (Fsp3) is 0.976. The molecule has 1 amide bonds. The number of unbranched alkanes of at least 4 members (excludes halogenated alkanes) is 27. The van der Waals surface area contributed by atoms with E-state index in [1.54, 1.807) is 0 Å². The Morgan fingerprint density at radius 2 is 0.961 bits per heavy atom. The van der Waals surface area contributed by atoms with E-state index >= 15 is 0 Å². The van der Waals surface area contributed by atoms with Crippen LogP contribution in [-0.2, 0) is 18.4 Å². The van der Waals surface area contributed by atoms with Gasteiger partial charge in [0.25, 0.3) is 7.82 Å². The van der Waals surface area contributed by atoms with Crippen molar-refractivity contribution in [3.8, 4) is 0 Å². The van der Waals surface area contributed by atoms with E-state index in [4.69, 9.17) is 9.05 Å². The Labute approximate surface area is 317 Å². The number of rotatable bonds is 40. The molecule has 1 unspecified atom stereocenters. The van der Waals surface area contributed by atoms with Gasteiger partial charge in [0.15, 0.2) is 0 Å². The van der Waals surface area contributed by atoms with E-state index in [-0.39, 0.29) is 19.1 Å². The van der Waals surface area contributed by atoms with E-state index < -0.39 is 20.0 Å². The molecule has 9 heteroatoms. The predicted octanol–water partition coefficient (Wildman–Crippen LogP) is 11.2. The van der Waals surface area contributed by atoms with Gasteiger partial charge in [-0.2, -0.15) is 0 Å². The summed E-state index contributed by atoms with van der Waals surface area (Å²) >= 11 is 0. The molecule has 0 aromatic carbocycles. The molecule has 51 heavy (non-hydrogen) atoms. The first-order valence-electron chi connectivity index (χ1n) is 21.9. The largest absolute Gasteiger partial charge is 0.756 e. The number of aliphatic hydroxyl groups excluding tert-OH is 1. The minimum absolute atomic E-state index is 0.0159. The Bertz CT molecular complexity index is 809. The lowest BCUT2D eigenvalue weighted by atomic mass is 10.0. The molecule has 0 aliphatic carbocycles. The Kier molecular flexibility index (Phi) is 34.9. The minimum atomic E-state index is -4.55. The number of hydrogen-bond acceptors (Lipinski definition) is 6. The summed E-state index contributed by atoms with van der Waals surface area (Å²) in [5.74, 6) is -0.162. The van der Waals surface area contributed by atoms with E-state index in [1.807, 2.05) is 21.1 Å². The summed E-state index contributed by atoms with van der Waals surface area (Å²) in [4.78, 5) is 25.3. The number of phosphoric ester groups is 1. The summed E-state index contributed by atoms with van der Waals surface area (Å²) in [7, 11) is 1.32. The van der Waals surface area contributed by atoms with Crippen LogP contribution in [-0.4, -0.2) is 68.5 Å². The van der Waals surface area contributed by atoms with Gasteiger partial charge in [0.05, 0.1) is 39.9 Å². The number of hydrogen-bond donors (Lipinski definition) is 2. The van der Waals surface area contributed by atoms with Gasteiger partial charge in [-0.25, -0.2) is 0 Å². The van der Waals surface area contributed by atoms with Crippen LogP contribution in [0.15, 0.2) is 0 Å². The van der Waals surface area contributed by atoms with E-state index in [0.717, 1.165) is 38.5 Å². The maximum Gasteiger partial charge on any atom is 0.268 e. The first-order valence-corrected chi connectivity index (χ1v) is 23.3. The highest BCUT2D eigenvalue weighted by molar-refractivity contribution is 7.45. The van der Waals surface area contributed by atoms with Crippen LogP contribution in [0, 0.1) is 0 Å². The molecule has 0 heterocycles. The van der Waals surface area contributed by atoms with Crippen molar-refractivity contribution in [1.82, 2.24) is 5.32 Å². The number of aliphatic hydroxyl groups is 1. The fourth-order valence-corrected chi connectivity index (χ4v) is 7.29. The van der Waals surface area contributed by atoms with Gasteiger partial charge in [-0.3, -0.25) is 9.36 Å². The molecular formula is C42H87N2O6P. The molecule has 306 valence electrons. The monoisotopic (exact) mass is 747 g/mol. The number of phosphoric acid groups is 1. The number of carbonyl (C=O) groups excluding carboxylic acids is 1. The van der Waals surface area contributed by atoms with Crippen LogP contribution in [0.5, 0.6) is 0 Å². The van der Waals surface area contributed by atoms with Gasteiger partial charge in [0.2, 0.25) is 5.91 Å². The summed E-state index contributed by atoms with van der Waals surface area (Å²) in [5.41, 5.74) is 0. The van der Waals surface area contributed by atoms with Gasteiger partial charge in [0, 0.05) is 6.42 Å². The zero-order valence-electron chi connectivity index (χ0n) is 34.6. The molecular weight excluding hydrogens is 659 g/mol. The van der Waals surface area contributed by atoms with Crippen LogP contribution < -0.4 is 10.2 Å². The number of likely N-dealkylation sites (N-methyl/N-ethyl adjacent to an activating group) is 1. The molecule has 0 saturated carbocycles. The van der Waals surface area contributed by atoms with Crippen LogP contribution in [0.4, 0.5) is 0 Å². The van der Waals surface area contributed by atoms with Crippen LogP contribution >= 0.6 is 7.82 Å². The molecule has 0 aromatic rings. The minimum Gasteiger partial charge on any atom is -0.756 e. The summed E-state index contributed by atoms with van der Waals surface area (Å²) in [6.45, 7) is 4.73. The molecule has 0 aliphatic rings. The zero-order chi connectivity index (χ0) is 37.9. The summed E-state index contributed by atoms with van der Waals surface area (Å²) < 4.78 is 23.2. The Hall–Kier alpha value is -0.500. The van der Waals surface area contributed by atoms with Gasteiger partial charge in [-0.05, 0) is 12.8 Å². The lowest BCUT2D eigenvalue weighted by Gasteiger charge is -2.30. The number of nitrogens with one attached hydrogen (secondary N) is 1. The quantitative estimate of drug-likeness (QED) is 0.0367. The van der Waals surface area contributed by atoms with E-state index in [0.29, 0.717) is 23.9 Å². The molecule has 0 aliphatic heterocycles. The molecule has 0 aromatic heterocycles. The molecule has 0 bridgehead atoms. The Morgan fingerprint density at radius 3 is 1.33 bits per heavy atom. The zero-order valence-corrected chi connectivity index (χ0v) is 35.5. The average Bonchev–Trinajstić information content (AvgIpc) is 3.07. The smallest absolute Gasteiger partial charge is 0.268 e. The van der Waals surface area contributed by atoms with E-state index in [9.17, 15) is 19.4 Å². The van der Waals surface area contributed by atoms with Crippen molar-refractivity contribution >= 4 is 13.7 Å². The van der Waals surface area contributed by atoms with Gasteiger partial charge < -0.3 is 28.8 Å². The topological polar surface area (TPSA) is 108 Å². The van der Waals surface area contributed by atoms with Crippen molar-refractivity contribution in [2.45, 2.75) is 225 Å². The van der Waals surface area contributed by atoms with Crippen molar-refractivity contribution < 1.29 is 32.9 Å². The van der Waals surface area contributed by atoms with Crippen molar-refractivity contribution in [3.63, 3.8) is 0 Å². The number of amides is 1. The van der Waals surface area contributed by atoms with Crippen molar-refractivity contribution in [3.05, 3.63) is 0 Å². The van der Waals surface area contributed by atoms with Gasteiger partial charge in [-0.1, -0.05) is 194 Å². The maximum absolute atomic E-state index is 12.8. The van der Waals surface area contributed by atoms with Crippen molar-refractivity contribution in [1.29, 1.82) is 0 Å². The predicted molar refractivity (Wildman–Crippen MR) is 215 cm³/mol. The average molecular weight is 747 g/mol. The summed E-state index contributed by atoms with van der Waals surface area (Å²) in [6.07, 6.45) is 36.7. The normalized spacial score (nSPS) is 14.4. The van der Waals surface area contributed by atoms with E-state index in [1.165, 1.54) is 148 Å². The van der Waals surface area contributed by atoms with Crippen LogP contribution in [0.3, 0.4) is 0 Å². The molecule has 0 saturated heterocycles. The standard InChI is InChI=1S/C42H87N2O6P/c1-6-8-10-12-14-16-18-20-21-22-24-26-28-30-32-34-36-42(46)43-40(39-50-51(47,48)49-38-37-44(3,4)5)41(45)35-33-31-29-27-25-23-19-17-15-13-11-9-7-2/h40-41,45H,6-39H2,1-5H3,(H-,43,46,47,48)/t40-,41+/m0/s1. The second-order valence-corrected chi connectivity index (χ2v) is 17.8. The maximum atomic E-state index is 12.8. The Balaban J connectivity index is 4.34. The summed E-state index contributed by atoms with van der Waals surface area (Å²) in [5, 5.41) is 13.9. The molecule has 2 N–H and O–H groups in total.